The van der Waals surface area contributed by atoms with Crippen molar-refractivity contribution in [2.45, 2.75) is 19.0 Å². The third-order valence-corrected chi connectivity index (χ3v) is 6.64. The van der Waals surface area contributed by atoms with Gasteiger partial charge in [0, 0.05) is 23.2 Å². The number of ether oxygens (including phenoxy) is 1. The molecule has 0 aliphatic carbocycles. The van der Waals surface area contributed by atoms with Crippen molar-refractivity contribution in [3.05, 3.63) is 64.7 Å². The van der Waals surface area contributed by atoms with Gasteiger partial charge in [0.1, 0.15) is 5.75 Å². The molecule has 0 aromatic heterocycles. The van der Waals surface area contributed by atoms with Crippen molar-refractivity contribution in [1.29, 1.82) is 0 Å². The molecule has 0 saturated carbocycles. The van der Waals surface area contributed by atoms with Crippen molar-refractivity contribution in [2.75, 3.05) is 18.6 Å². The molecule has 138 valence electrons. The van der Waals surface area contributed by atoms with E-state index in [2.05, 4.69) is 0 Å². The summed E-state index contributed by atoms with van der Waals surface area (Å²) in [5.74, 6) is 0.424. The first-order valence-electron chi connectivity index (χ1n) is 8.28. The van der Waals surface area contributed by atoms with Crippen molar-refractivity contribution >= 4 is 27.3 Å². The van der Waals surface area contributed by atoms with Gasteiger partial charge in [0.15, 0.2) is 9.84 Å². The maximum atomic E-state index is 13.2. The molecule has 2 aromatic carbocycles. The van der Waals surface area contributed by atoms with Gasteiger partial charge >= 0.3 is 0 Å². The van der Waals surface area contributed by atoms with E-state index in [1.165, 1.54) is 7.11 Å². The van der Waals surface area contributed by atoms with Crippen LogP contribution < -0.4 is 4.74 Å². The van der Waals surface area contributed by atoms with Crippen LogP contribution in [0, 0.1) is 0 Å². The fourth-order valence-corrected chi connectivity index (χ4v) is 5.05. The smallest absolute Gasteiger partial charge is 0.254 e. The van der Waals surface area contributed by atoms with Crippen molar-refractivity contribution in [3.63, 3.8) is 0 Å². The van der Waals surface area contributed by atoms with E-state index in [1.54, 1.807) is 35.2 Å². The van der Waals surface area contributed by atoms with Crippen LogP contribution in [0.2, 0.25) is 5.02 Å². The number of sulfone groups is 1. The van der Waals surface area contributed by atoms with E-state index >= 15 is 0 Å². The lowest BCUT2D eigenvalue weighted by atomic mass is 10.1. The minimum absolute atomic E-state index is 0.0207. The summed E-state index contributed by atoms with van der Waals surface area (Å²) >= 11 is 6.25. The van der Waals surface area contributed by atoms with Crippen LogP contribution in [0.1, 0.15) is 22.3 Å². The summed E-state index contributed by atoms with van der Waals surface area (Å²) in [6.45, 7) is 0.260. The average Bonchev–Trinajstić information content (AvgIpc) is 3.00. The van der Waals surface area contributed by atoms with Crippen molar-refractivity contribution in [3.8, 4) is 5.75 Å². The predicted molar refractivity (Wildman–Crippen MR) is 101 cm³/mol. The SMILES string of the molecule is COc1cccc(C(=O)N(Cc2ccccc2Cl)[C@H]2CCS(=O)(=O)C2)c1. The molecule has 1 amide bonds. The van der Waals surface area contributed by atoms with E-state index in [4.69, 9.17) is 16.3 Å². The highest BCUT2D eigenvalue weighted by atomic mass is 35.5. The number of benzene rings is 2. The molecule has 0 bridgehead atoms. The molecule has 5 nitrogen and oxygen atoms in total. The summed E-state index contributed by atoms with van der Waals surface area (Å²) in [4.78, 5) is 14.8. The summed E-state index contributed by atoms with van der Waals surface area (Å²) in [6.07, 6.45) is 0.433. The Morgan fingerprint density at radius 3 is 2.65 bits per heavy atom. The zero-order valence-corrected chi connectivity index (χ0v) is 16.0. The number of hydrogen-bond donors (Lipinski definition) is 0. The third kappa shape index (κ3) is 4.19. The molecule has 0 radical (unpaired) electrons. The Bertz CT molecular complexity index is 913. The molecule has 1 atom stereocenters. The Balaban J connectivity index is 1.94. The molecule has 3 rings (SSSR count). The third-order valence-electron chi connectivity index (χ3n) is 4.53. The Morgan fingerprint density at radius 2 is 2.00 bits per heavy atom. The Hall–Kier alpha value is -2.05. The second kappa shape index (κ2) is 7.68. The van der Waals surface area contributed by atoms with Gasteiger partial charge in [-0.05, 0) is 36.2 Å². The summed E-state index contributed by atoms with van der Waals surface area (Å²) < 4.78 is 29.1. The number of amides is 1. The molecule has 2 aromatic rings. The maximum Gasteiger partial charge on any atom is 0.254 e. The van der Waals surface area contributed by atoms with Gasteiger partial charge in [-0.2, -0.15) is 0 Å². The van der Waals surface area contributed by atoms with Crippen molar-refractivity contribution < 1.29 is 17.9 Å². The molecule has 1 aliphatic rings. The van der Waals surface area contributed by atoms with Crippen LogP contribution in [-0.4, -0.2) is 43.9 Å². The zero-order valence-electron chi connectivity index (χ0n) is 14.4. The number of rotatable bonds is 5. The lowest BCUT2D eigenvalue weighted by Gasteiger charge is -2.29. The van der Waals surface area contributed by atoms with E-state index in [0.717, 1.165) is 5.56 Å². The Morgan fingerprint density at radius 1 is 1.23 bits per heavy atom. The molecular formula is C19H20ClNO4S. The fourth-order valence-electron chi connectivity index (χ4n) is 3.12. The molecule has 0 N–H and O–H groups in total. The predicted octanol–water partition coefficient (Wildman–Crippen LogP) is 3.18. The number of nitrogens with zero attached hydrogens (tertiary/aromatic N) is 1. The second-order valence-electron chi connectivity index (χ2n) is 6.31. The monoisotopic (exact) mass is 393 g/mol. The number of carbonyl (C=O) groups excluding carboxylic acids is 1. The molecule has 1 fully saturated rings. The Kier molecular flexibility index (Phi) is 5.53. The molecule has 1 aliphatic heterocycles. The minimum Gasteiger partial charge on any atom is -0.497 e. The highest BCUT2D eigenvalue weighted by molar-refractivity contribution is 7.91. The molecular weight excluding hydrogens is 374 g/mol. The first kappa shape index (κ1) is 18.7. The average molecular weight is 394 g/mol. The molecule has 0 unspecified atom stereocenters. The Labute approximate surface area is 158 Å². The standard InChI is InChI=1S/C19H20ClNO4S/c1-25-17-7-4-6-14(11-17)19(22)21(16-9-10-26(23,24)13-16)12-15-5-2-3-8-18(15)20/h2-8,11,16H,9-10,12-13H2,1H3/t16-/m0/s1. The van der Waals surface area contributed by atoms with Crippen LogP contribution in [-0.2, 0) is 16.4 Å². The lowest BCUT2D eigenvalue weighted by molar-refractivity contribution is 0.0680. The molecule has 0 spiro atoms. The van der Waals surface area contributed by atoms with E-state index in [-0.39, 0.29) is 30.0 Å². The van der Waals surface area contributed by atoms with Crippen LogP contribution >= 0.6 is 11.6 Å². The summed E-state index contributed by atoms with van der Waals surface area (Å²) in [7, 11) is -1.59. The fraction of sp³-hybridized carbons (Fsp3) is 0.316. The summed E-state index contributed by atoms with van der Waals surface area (Å²) in [6, 6.07) is 13.8. The van der Waals surface area contributed by atoms with Crippen LogP contribution in [0.5, 0.6) is 5.75 Å². The van der Waals surface area contributed by atoms with E-state index in [0.29, 0.717) is 22.8 Å². The van der Waals surface area contributed by atoms with Crippen molar-refractivity contribution in [2.24, 2.45) is 0 Å². The van der Waals surface area contributed by atoms with Gasteiger partial charge in [0.05, 0.1) is 18.6 Å². The van der Waals surface area contributed by atoms with Crippen LogP contribution in [0.15, 0.2) is 48.5 Å². The largest absolute Gasteiger partial charge is 0.497 e. The van der Waals surface area contributed by atoms with Crippen molar-refractivity contribution in [1.82, 2.24) is 4.90 Å². The molecule has 7 heteroatoms. The van der Waals surface area contributed by atoms with Gasteiger partial charge < -0.3 is 9.64 Å². The first-order chi connectivity index (χ1) is 12.4. The summed E-state index contributed by atoms with van der Waals surface area (Å²) in [5, 5.41) is 0.553. The van der Waals surface area contributed by atoms with Gasteiger partial charge in [-0.25, -0.2) is 8.42 Å². The lowest BCUT2D eigenvalue weighted by Crippen LogP contribution is -2.40. The van der Waals surface area contributed by atoms with Gasteiger partial charge in [-0.15, -0.1) is 0 Å². The topological polar surface area (TPSA) is 63.7 Å². The minimum atomic E-state index is -3.12. The highest BCUT2D eigenvalue weighted by Crippen LogP contribution is 2.26. The number of hydrogen-bond acceptors (Lipinski definition) is 4. The summed E-state index contributed by atoms with van der Waals surface area (Å²) in [5.41, 5.74) is 1.25. The second-order valence-corrected chi connectivity index (χ2v) is 8.95. The van der Waals surface area contributed by atoms with E-state index in [1.807, 2.05) is 18.2 Å². The zero-order chi connectivity index (χ0) is 18.7. The van der Waals surface area contributed by atoms with E-state index < -0.39 is 9.84 Å². The van der Waals surface area contributed by atoms with Gasteiger partial charge in [-0.1, -0.05) is 35.9 Å². The number of methoxy groups -OCH3 is 1. The molecule has 26 heavy (non-hydrogen) atoms. The number of carbonyl (C=O) groups is 1. The molecule has 1 saturated heterocycles. The first-order valence-corrected chi connectivity index (χ1v) is 10.5. The quantitative estimate of drug-likeness (QED) is 0.782. The van der Waals surface area contributed by atoms with Gasteiger partial charge in [-0.3, -0.25) is 4.79 Å². The van der Waals surface area contributed by atoms with Crippen LogP contribution in [0.4, 0.5) is 0 Å². The highest BCUT2D eigenvalue weighted by Gasteiger charge is 2.35. The molecule has 1 heterocycles. The normalized spacial score (nSPS) is 18.5. The van der Waals surface area contributed by atoms with E-state index in [9.17, 15) is 13.2 Å². The van der Waals surface area contributed by atoms with Gasteiger partial charge in [0.2, 0.25) is 0 Å². The maximum absolute atomic E-state index is 13.2. The van der Waals surface area contributed by atoms with Gasteiger partial charge in [0.25, 0.3) is 5.91 Å². The van der Waals surface area contributed by atoms with Crippen LogP contribution in [0.25, 0.3) is 0 Å². The van der Waals surface area contributed by atoms with Crippen LogP contribution in [0.3, 0.4) is 0 Å². The number of halogens is 1.